The molecule has 0 rings (SSSR count). The lowest BCUT2D eigenvalue weighted by atomic mass is 11.5. The Bertz CT molecular complexity index is 319. The van der Waals surface area contributed by atoms with Gasteiger partial charge in [0, 0.05) is 0 Å². The summed E-state index contributed by atoms with van der Waals surface area (Å²) in [5.41, 5.74) is 0. The van der Waals surface area contributed by atoms with Crippen LogP contribution in [-0.2, 0) is 10.4 Å². The minimum absolute atomic E-state index is 1.83. The van der Waals surface area contributed by atoms with E-state index in [0.717, 1.165) is 0 Å². The molecule has 0 saturated carbocycles. The van der Waals surface area contributed by atoms with Crippen LogP contribution in [0.2, 0.25) is 0 Å². The van der Waals surface area contributed by atoms with Crippen molar-refractivity contribution >= 4 is 35.0 Å². The molecule has 0 bridgehead atoms. The van der Waals surface area contributed by atoms with Crippen LogP contribution in [0.15, 0.2) is 0 Å². The van der Waals surface area contributed by atoms with Gasteiger partial charge in [-0.1, -0.05) is 0 Å². The Balaban J connectivity index is -0.0000000510. The van der Waals surface area contributed by atoms with Gasteiger partial charge >= 0.3 is 35.0 Å². The maximum Gasteiger partial charge on any atom is 0.503 e. The van der Waals surface area contributed by atoms with Crippen LogP contribution in [0.5, 0.6) is 0 Å². The van der Waals surface area contributed by atoms with Crippen molar-refractivity contribution in [1.82, 2.24) is 0 Å². The van der Waals surface area contributed by atoms with Crippen LogP contribution in [0.25, 0.3) is 0 Å². The van der Waals surface area contributed by atoms with E-state index in [0.29, 0.717) is 0 Å². The van der Waals surface area contributed by atoms with Crippen LogP contribution in [-0.4, -0.2) is 83.0 Å². The number of rotatable bonds is 0. The van der Waals surface area contributed by atoms with Crippen molar-refractivity contribution in [3.05, 3.63) is 0 Å². The minimum atomic E-state index is -4.67. The van der Waals surface area contributed by atoms with Crippen molar-refractivity contribution in [2.24, 2.45) is 0 Å². The molecule has 0 spiro atoms. The molecule has 128 valence electrons. The highest BCUT2D eigenvalue weighted by molar-refractivity contribution is 7.79. The van der Waals surface area contributed by atoms with E-state index >= 15 is 0 Å². The van der Waals surface area contributed by atoms with Crippen molar-refractivity contribution in [3.63, 3.8) is 0 Å². The van der Waals surface area contributed by atoms with Gasteiger partial charge in [-0.3, -0.25) is 9.11 Å². The first kappa shape index (κ1) is 30.8. The molecule has 10 N–H and O–H groups in total. The van der Waals surface area contributed by atoms with E-state index in [2.05, 4.69) is 0 Å². The minimum Gasteiger partial charge on any atom is -0.450 e. The molecule has 0 radical (unpaired) electrons. The molecule has 0 unspecified atom stereocenters. The van der Waals surface area contributed by atoms with Gasteiger partial charge in [-0.15, -0.1) is 0 Å². The molecule has 0 aromatic carbocycles. The second kappa shape index (κ2) is 19.3. The Kier molecular flexibility index (Phi) is 28.3. The number of hydrogen-bond acceptors (Lipinski definition) is 6. The topological polar surface area (TPSA) is 305 Å². The lowest BCUT2D eigenvalue weighted by Crippen LogP contribution is -1.89. The second-order valence-electron chi connectivity index (χ2n) is 1.58. The Morgan fingerprint density at radius 2 is 0.476 bits per heavy atom. The molecule has 17 heteroatoms. The summed E-state index contributed by atoms with van der Waals surface area (Å²) >= 11 is 0. The maximum atomic E-state index is 8.74. The molecule has 0 aromatic heterocycles. The lowest BCUT2D eigenvalue weighted by Gasteiger charge is -1.68. The van der Waals surface area contributed by atoms with Gasteiger partial charge in [-0.05, 0) is 0 Å². The van der Waals surface area contributed by atoms with Crippen molar-refractivity contribution in [1.29, 1.82) is 0 Å². The van der Waals surface area contributed by atoms with E-state index in [9.17, 15) is 0 Å². The summed E-state index contributed by atoms with van der Waals surface area (Å²) in [5.74, 6) is 0. The molecule has 0 aliphatic carbocycles. The molecular formula is C4H10O16S. The third kappa shape index (κ3) is 407. The number of carboxylic acid groups (broad SMARTS) is 8. The first-order chi connectivity index (χ1) is 8.93. The molecule has 0 aliphatic rings. The van der Waals surface area contributed by atoms with E-state index in [4.69, 9.17) is 77.6 Å². The van der Waals surface area contributed by atoms with Crippen molar-refractivity contribution in [2.45, 2.75) is 0 Å². The summed E-state index contributed by atoms with van der Waals surface area (Å²) < 4.78 is 31.6. The SMILES string of the molecule is O=C(O)O.O=C(O)O.O=C(O)O.O=C(O)O.O=S(=O)(O)O. The van der Waals surface area contributed by atoms with Gasteiger partial charge in [0.05, 0.1) is 0 Å². The Morgan fingerprint density at radius 3 is 0.476 bits per heavy atom. The highest BCUT2D eigenvalue weighted by Crippen LogP contribution is 1.59. The highest BCUT2D eigenvalue weighted by Gasteiger charge is 1.84. The van der Waals surface area contributed by atoms with Gasteiger partial charge < -0.3 is 40.9 Å². The van der Waals surface area contributed by atoms with E-state index < -0.39 is 35.0 Å². The van der Waals surface area contributed by atoms with Crippen molar-refractivity contribution < 1.29 is 77.6 Å². The Morgan fingerprint density at radius 1 is 0.476 bits per heavy atom. The van der Waals surface area contributed by atoms with Gasteiger partial charge in [-0.2, -0.15) is 8.42 Å². The zero-order valence-corrected chi connectivity index (χ0v) is 10.1. The van der Waals surface area contributed by atoms with Crippen LogP contribution < -0.4 is 0 Å². The Labute approximate surface area is 113 Å². The Hall–Kier alpha value is -3.05. The molecule has 0 fully saturated rings. The van der Waals surface area contributed by atoms with Gasteiger partial charge in [-0.25, -0.2) is 19.2 Å². The smallest absolute Gasteiger partial charge is 0.450 e. The van der Waals surface area contributed by atoms with Crippen LogP contribution >= 0.6 is 0 Å². The van der Waals surface area contributed by atoms with Crippen LogP contribution in [0.3, 0.4) is 0 Å². The predicted molar refractivity (Wildman–Crippen MR) is 56.8 cm³/mol. The molecular weight excluding hydrogens is 336 g/mol. The molecule has 16 nitrogen and oxygen atoms in total. The van der Waals surface area contributed by atoms with E-state index in [1.807, 2.05) is 0 Å². The van der Waals surface area contributed by atoms with E-state index in [1.165, 1.54) is 0 Å². The van der Waals surface area contributed by atoms with E-state index in [1.54, 1.807) is 0 Å². The summed E-state index contributed by atoms with van der Waals surface area (Å²) in [7, 11) is -4.67. The first-order valence-corrected chi connectivity index (χ1v) is 4.70. The predicted octanol–water partition coefficient (Wildman–Crippen LogP) is 0.237. The fourth-order valence-electron chi connectivity index (χ4n) is 0. The van der Waals surface area contributed by atoms with Crippen LogP contribution in [0.1, 0.15) is 0 Å². The lowest BCUT2D eigenvalue weighted by molar-refractivity contribution is 0.135. The average molecular weight is 346 g/mol. The molecule has 0 aliphatic heterocycles. The van der Waals surface area contributed by atoms with Gasteiger partial charge in [0.25, 0.3) is 0 Å². The molecule has 0 atom stereocenters. The second-order valence-corrected chi connectivity index (χ2v) is 2.47. The van der Waals surface area contributed by atoms with Crippen molar-refractivity contribution in [2.75, 3.05) is 0 Å². The molecule has 21 heavy (non-hydrogen) atoms. The summed E-state index contributed by atoms with van der Waals surface area (Å²) in [6.45, 7) is 0. The maximum absolute atomic E-state index is 8.74. The normalized spacial score (nSPS) is 7.33. The highest BCUT2D eigenvalue weighted by atomic mass is 32.3. The third-order valence-corrected chi connectivity index (χ3v) is 0. The van der Waals surface area contributed by atoms with E-state index in [-0.39, 0.29) is 0 Å². The molecule has 0 saturated heterocycles. The van der Waals surface area contributed by atoms with Crippen molar-refractivity contribution in [3.8, 4) is 0 Å². The summed E-state index contributed by atoms with van der Waals surface area (Å²) in [4.78, 5) is 34.2. The van der Waals surface area contributed by atoms with Gasteiger partial charge in [0.15, 0.2) is 0 Å². The summed E-state index contributed by atoms with van der Waals surface area (Å²) in [6.07, 6.45) is -7.33. The summed E-state index contributed by atoms with van der Waals surface area (Å²) in [6, 6.07) is 0. The van der Waals surface area contributed by atoms with Crippen LogP contribution in [0, 0.1) is 0 Å². The zero-order valence-electron chi connectivity index (χ0n) is 9.33. The fraction of sp³-hybridized carbons (Fsp3) is 0. The number of hydrogen-bond donors (Lipinski definition) is 10. The quantitative estimate of drug-likeness (QED) is 0.262. The van der Waals surface area contributed by atoms with Crippen LogP contribution in [0.4, 0.5) is 19.2 Å². The van der Waals surface area contributed by atoms with Gasteiger partial charge in [0.1, 0.15) is 0 Å². The van der Waals surface area contributed by atoms with Gasteiger partial charge in [0.2, 0.25) is 0 Å². The monoisotopic (exact) mass is 346 g/mol. The third-order valence-electron chi connectivity index (χ3n) is 0. The molecule has 0 aromatic rings. The summed E-state index contributed by atoms with van der Waals surface area (Å²) in [5, 5.41) is 55.8. The standard InChI is InChI=1S/4CH2O3.H2O4S/c4*2-1(3)4;1-5(2,3)4/h4*(H2,2,3,4);(H2,1,2,3,4). The first-order valence-electron chi connectivity index (χ1n) is 3.30. The number of carbonyl (C=O) groups is 4. The average Bonchev–Trinajstić information content (AvgIpc) is 1.91. The largest absolute Gasteiger partial charge is 0.503 e. The zero-order chi connectivity index (χ0) is 18.8. The molecule has 0 amide bonds. The molecule has 0 heterocycles. The fourth-order valence-corrected chi connectivity index (χ4v) is 0.